The van der Waals surface area contributed by atoms with Gasteiger partial charge in [-0.2, -0.15) is 0 Å². The van der Waals surface area contributed by atoms with Gasteiger partial charge in [-0.15, -0.1) is 5.10 Å². The molecule has 8 nitrogen and oxygen atoms in total. The van der Waals surface area contributed by atoms with Gasteiger partial charge in [0.15, 0.2) is 5.82 Å². The van der Waals surface area contributed by atoms with Gasteiger partial charge in [-0.1, -0.05) is 6.92 Å². The standard InChI is InChI=1S/C28H31FN4O4/c1-17(2)33(27(35)20-6-4-18(3)5-7-20)25-24(28(36)37)16-32(31-25)23-14-8-19(9-15-23)26(34)30-22-12-10-21(29)11-13-22/h8-18,20H,4-7H2,1-3H3,(H,30,34)(H,36,37)/t18-,20-. The summed E-state index contributed by atoms with van der Waals surface area (Å²) >= 11 is 0. The molecule has 0 bridgehead atoms. The highest BCUT2D eigenvalue weighted by atomic mass is 19.1. The zero-order chi connectivity index (χ0) is 26.7. The van der Waals surface area contributed by atoms with Gasteiger partial charge in [-0.3, -0.25) is 14.5 Å². The summed E-state index contributed by atoms with van der Waals surface area (Å²) in [6.45, 7) is 5.88. The number of aromatic carboxylic acids is 1. The van der Waals surface area contributed by atoms with Gasteiger partial charge < -0.3 is 10.4 Å². The van der Waals surface area contributed by atoms with Crippen molar-refractivity contribution in [2.75, 3.05) is 10.2 Å². The van der Waals surface area contributed by atoms with E-state index in [1.807, 2.05) is 13.8 Å². The number of hydrogen-bond donors (Lipinski definition) is 2. The van der Waals surface area contributed by atoms with Crippen molar-refractivity contribution >= 4 is 29.3 Å². The van der Waals surface area contributed by atoms with Crippen LogP contribution in [0.2, 0.25) is 0 Å². The Morgan fingerprint density at radius 3 is 2.22 bits per heavy atom. The van der Waals surface area contributed by atoms with Crippen molar-refractivity contribution in [3.63, 3.8) is 0 Å². The molecule has 1 fully saturated rings. The summed E-state index contributed by atoms with van der Waals surface area (Å²) in [5.74, 6) is -1.48. The number of carboxylic acid groups (broad SMARTS) is 1. The fourth-order valence-corrected chi connectivity index (χ4v) is 4.64. The van der Waals surface area contributed by atoms with Gasteiger partial charge >= 0.3 is 5.97 Å². The SMILES string of the molecule is CC(C)N(c1nn(-c2ccc(C(=O)Nc3ccc(F)cc3)cc2)cc1C(=O)O)C(=O)[C@H]1CC[C@H](C)CC1. The van der Waals surface area contributed by atoms with E-state index in [2.05, 4.69) is 17.3 Å². The van der Waals surface area contributed by atoms with Crippen molar-refractivity contribution in [2.24, 2.45) is 11.8 Å². The number of aromatic nitrogens is 2. The fraction of sp³-hybridized carbons (Fsp3) is 0.357. The molecule has 0 aliphatic heterocycles. The molecule has 0 unspecified atom stereocenters. The number of hydrogen-bond acceptors (Lipinski definition) is 4. The highest BCUT2D eigenvalue weighted by Crippen LogP contribution is 2.32. The third-order valence-electron chi connectivity index (χ3n) is 6.77. The number of nitrogens with one attached hydrogen (secondary N) is 1. The molecular formula is C28H31FN4O4. The van der Waals surface area contributed by atoms with E-state index in [-0.39, 0.29) is 35.2 Å². The van der Waals surface area contributed by atoms with Crippen molar-refractivity contribution in [1.82, 2.24) is 9.78 Å². The zero-order valence-corrected chi connectivity index (χ0v) is 21.1. The first-order chi connectivity index (χ1) is 17.6. The quantitative estimate of drug-likeness (QED) is 0.438. The number of anilines is 2. The normalized spacial score (nSPS) is 17.4. The summed E-state index contributed by atoms with van der Waals surface area (Å²) in [7, 11) is 0. The second-order valence-corrected chi connectivity index (χ2v) is 9.88. The van der Waals surface area contributed by atoms with Gasteiger partial charge in [-0.05, 0) is 94.0 Å². The Labute approximate surface area is 215 Å². The molecule has 0 saturated heterocycles. The molecule has 4 rings (SSSR count). The van der Waals surface area contributed by atoms with Crippen LogP contribution in [0.4, 0.5) is 15.9 Å². The van der Waals surface area contributed by atoms with Crippen LogP contribution in [0.15, 0.2) is 54.7 Å². The van der Waals surface area contributed by atoms with Gasteiger partial charge in [0.2, 0.25) is 5.91 Å². The minimum Gasteiger partial charge on any atom is -0.477 e. The maximum atomic E-state index is 13.5. The van der Waals surface area contributed by atoms with Gasteiger partial charge in [0.1, 0.15) is 11.4 Å². The summed E-state index contributed by atoms with van der Waals surface area (Å²) in [5.41, 5.74) is 1.30. The van der Waals surface area contributed by atoms with Crippen LogP contribution in [0, 0.1) is 17.7 Å². The first kappa shape index (κ1) is 26.1. The molecule has 2 aromatic carbocycles. The summed E-state index contributed by atoms with van der Waals surface area (Å²) in [5, 5.41) is 17.1. The average molecular weight is 507 g/mol. The van der Waals surface area contributed by atoms with Crippen LogP contribution >= 0.6 is 0 Å². The lowest BCUT2D eigenvalue weighted by atomic mass is 9.82. The third-order valence-corrected chi connectivity index (χ3v) is 6.77. The number of rotatable bonds is 7. The summed E-state index contributed by atoms with van der Waals surface area (Å²) in [6, 6.07) is 11.6. The fourth-order valence-electron chi connectivity index (χ4n) is 4.64. The molecular weight excluding hydrogens is 475 g/mol. The number of halogens is 1. The van der Waals surface area contributed by atoms with Crippen LogP contribution in [0.5, 0.6) is 0 Å². The van der Waals surface area contributed by atoms with E-state index < -0.39 is 11.8 Å². The number of nitrogens with zero attached hydrogens (tertiary/aromatic N) is 3. The molecule has 9 heteroatoms. The van der Waals surface area contributed by atoms with Gasteiger partial charge in [0, 0.05) is 29.4 Å². The first-order valence-electron chi connectivity index (χ1n) is 12.5. The average Bonchev–Trinajstić information content (AvgIpc) is 3.31. The second kappa shape index (κ2) is 10.9. The Morgan fingerprint density at radius 1 is 1.03 bits per heavy atom. The molecule has 0 spiro atoms. The monoisotopic (exact) mass is 506 g/mol. The van der Waals surface area contributed by atoms with E-state index in [0.717, 1.165) is 25.7 Å². The maximum Gasteiger partial charge on any atom is 0.341 e. The summed E-state index contributed by atoms with van der Waals surface area (Å²) in [4.78, 5) is 39.6. The molecule has 2 N–H and O–H groups in total. The minimum atomic E-state index is -1.17. The molecule has 3 aromatic rings. The lowest BCUT2D eigenvalue weighted by Crippen LogP contribution is -2.43. The van der Waals surface area contributed by atoms with Crippen molar-refractivity contribution in [2.45, 2.75) is 52.5 Å². The van der Waals surface area contributed by atoms with Crippen LogP contribution in [0.25, 0.3) is 5.69 Å². The first-order valence-corrected chi connectivity index (χ1v) is 12.5. The van der Waals surface area contributed by atoms with Crippen LogP contribution in [-0.4, -0.2) is 38.7 Å². The Bertz CT molecular complexity index is 1280. The van der Waals surface area contributed by atoms with Crippen molar-refractivity contribution in [1.29, 1.82) is 0 Å². The van der Waals surface area contributed by atoms with Gasteiger partial charge in [0.05, 0.1) is 5.69 Å². The zero-order valence-electron chi connectivity index (χ0n) is 21.1. The predicted molar refractivity (Wildman–Crippen MR) is 139 cm³/mol. The Balaban J connectivity index is 1.58. The number of amides is 2. The van der Waals surface area contributed by atoms with E-state index in [9.17, 15) is 23.9 Å². The van der Waals surface area contributed by atoms with Crippen LogP contribution < -0.4 is 10.2 Å². The minimum absolute atomic E-state index is 0.0654. The van der Waals surface area contributed by atoms with Crippen molar-refractivity contribution in [3.05, 3.63) is 71.7 Å². The predicted octanol–water partition coefficient (Wildman–Crippen LogP) is 5.53. The Morgan fingerprint density at radius 2 is 1.65 bits per heavy atom. The number of carboxylic acids is 1. The molecule has 0 radical (unpaired) electrons. The van der Waals surface area contributed by atoms with E-state index in [4.69, 9.17) is 0 Å². The summed E-state index contributed by atoms with van der Waals surface area (Å²) < 4.78 is 14.5. The number of carbonyl (C=O) groups is 3. The lowest BCUT2D eigenvalue weighted by Gasteiger charge is -2.32. The molecule has 1 aliphatic carbocycles. The molecule has 1 heterocycles. The largest absolute Gasteiger partial charge is 0.477 e. The Hall–Kier alpha value is -4.01. The van der Waals surface area contributed by atoms with Crippen molar-refractivity contribution < 1.29 is 23.9 Å². The van der Waals surface area contributed by atoms with E-state index >= 15 is 0 Å². The Kier molecular flexibility index (Phi) is 7.71. The molecule has 1 saturated carbocycles. The second-order valence-electron chi connectivity index (χ2n) is 9.88. The highest BCUT2D eigenvalue weighted by molar-refractivity contribution is 6.04. The molecule has 1 aliphatic rings. The van der Waals surface area contributed by atoms with E-state index in [1.54, 1.807) is 24.3 Å². The molecule has 194 valence electrons. The van der Waals surface area contributed by atoms with E-state index in [0.29, 0.717) is 22.9 Å². The van der Waals surface area contributed by atoms with Crippen LogP contribution in [-0.2, 0) is 4.79 Å². The third kappa shape index (κ3) is 5.87. The molecule has 1 aromatic heterocycles. The maximum absolute atomic E-state index is 13.5. The van der Waals surface area contributed by atoms with E-state index in [1.165, 1.54) is 40.0 Å². The molecule has 2 amide bonds. The van der Waals surface area contributed by atoms with Crippen LogP contribution in [0.3, 0.4) is 0 Å². The molecule has 37 heavy (non-hydrogen) atoms. The number of carbonyl (C=O) groups excluding carboxylic acids is 2. The highest BCUT2D eigenvalue weighted by Gasteiger charge is 2.34. The van der Waals surface area contributed by atoms with Gasteiger partial charge in [0.25, 0.3) is 5.91 Å². The smallest absolute Gasteiger partial charge is 0.341 e. The summed E-state index contributed by atoms with van der Waals surface area (Å²) in [6.07, 6.45) is 4.91. The van der Waals surface area contributed by atoms with Crippen LogP contribution in [0.1, 0.15) is 67.2 Å². The topological polar surface area (TPSA) is 105 Å². The van der Waals surface area contributed by atoms with Crippen molar-refractivity contribution in [3.8, 4) is 5.69 Å². The lowest BCUT2D eigenvalue weighted by molar-refractivity contribution is -0.124. The molecule has 0 atom stereocenters. The number of benzene rings is 2. The van der Waals surface area contributed by atoms with Gasteiger partial charge in [-0.25, -0.2) is 13.9 Å².